The summed E-state index contributed by atoms with van der Waals surface area (Å²) in [4.78, 5) is 17.3. The summed E-state index contributed by atoms with van der Waals surface area (Å²) in [7, 11) is 1.65. The molecule has 110 heavy (non-hydrogen) atoms. The topological polar surface area (TPSA) is 204 Å². The average Bonchev–Trinajstić information content (AvgIpc) is 0.799. The molecular weight excluding hydrogens is 1410 g/mol. The maximum Gasteiger partial charge on any atom is 0.127 e. The number of methoxy groups -OCH3 is 1. The average molecular weight is 1490 g/mol. The van der Waals surface area contributed by atoms with Gasteiger partial charge in [-0.05, 0) is 229 Å². The fourth-order valence-electron chi connectivity index (χ4n) is 10.4. The molecule has 0 spiro atoms. The van der Waals surface area contributed by atoms with Crippen LogP contribution < -0.4 is 15.4 Å². The number of aryl methyl sites for hydroxylation is 6. The second-order valence-electron chi connectivity index (χ2n) is 25.2. The van der Waals surface area contributed by atoms with Gasteiger partial charge in [-0.3, -0.25) is 20.0 Å². The summed E-state index contributed by atoms with van der Waals surface area (Å²) in [5.41, 5.74) is 20.6. The lowest BCUT2D eigenvalue weighted by atomic mass is 10.1. The van der Waals surface area contributed by atoms with Crippen molar-refractivity contribution in [2.45, 2.75) is 54.6 Å². The highest BCUT2D eigenvalue weighted by molar-refractivity contribution is 6.31. The molecule has 13 aromatic carbocycles. The number of nitrogens with one attached hydrogen (secondary N) is 2. The summed E-state index contributed by atoms with van der Waals surface area (Å²) < 4.78 is 5.31. The lowest BCUT2D eigenvalue weighted by Crippen LogP contribution is -2.00. The molecule has 0 saturated carbocycles. The molecule has 0 aliphatic carbocycles. The van der Waals surface area contributed by atoms with Crippen molar-refractivity contribution in [1.82, 2.24) is 0 Å². The van der Waals surface area contributed by atoms with Crippen molar-refractivity contribution in [3.8, 4) is 76.1 Å². The van der Waals surface area contributed by atoms with Crippen LogP contribution in [0.2, 0.25) is 10.0 Å². The summed E-state index contributed by atoms with van der Waals surface area (Å²) >= 11 is 11.6. The monoisotopic (exact) mass is 1490 g/mol. The van der Waals surface area contributed by atoms with Crippen molar-refractivity contribution in [1.29, 1.82) is 0 Å². The van der Waals surface area contributed by atoms with Crippen LogP contribution in [-0.4, -0.2) is 62.6 Å². The van der Waals surface area contributed by atoms with Gasteiger partial charge in [-0.15, -0.1) is 12.8 Å². The van der Waals surface area contributed by atoms with Crippen LogP contribution in [0.1, 0.15) is 77.9 Å². The predicted octanol–water partition coefficient (Wildman–Crippen LogP) is 23.4. The first-order valence-corrected chi connectivity index (χ1v) is 35.7. The summed E-state index contributed by atoms with van der Waals surface area (Å²) in [6.07, 6.45) is 17.4. The summed E-state index contributed by atoms with van der Waals surface area (Å²) in [5, 5.41) is 65.7. The fraction of sp³-hybridized carbons (Fsp3) is 0.0947. The van der Waals surface area contributed by atoms with Gasteiger partial charge >= 0.3 is 0 Å². The zero-order valence-corrected chi connectivity index (χ0v) is 63.7. The summed E-state index contributed by atoms with van der Waals surface area (Å²) in [6, 6.07) is 88.3. The fourth-order valence-corrected chi connectivity index (χ4v) is 10.6. The van der Waals surface area contributed by atoms with E-state index in [0.717, 1.165) is 95.5 Å². The molecule has 15 heteroatoms. The predicted molar refractivity (Wildman–Crippen MR) is 457 cm³/mol. The first kappa shape index (κ1) is 82.1. The molecule has 0 bridgehead atoms. The Balaban J connectivity index is 0.000000166. The molecule has 0 aromatic heterocycles. The van der Waals surface area contributed by atoms with E-state index in [1.807, 2.05) is 224 Å². The van der Waals surface area contributed by atoms with E-state index in [9.17, 15) is 25.5 Å². The molecule has 0 aliphatic heterocycles. The first-order chi connectivity index (χ1) is 53.1. The number of ether oxygens (including phenoxy) is 1. The molecule has 0 aliphatic rings. The van der Waals surface area contributed by atoms with Crippen LogP contribution in [0.15, 0.2) is 305 Å². The normalized spacial score (nSPS) is 10.5. The number of aromatic hydroxyl groups is 6. The Bertz CT molecular complexity index is 5260. The first-order valence-electron chi connectivity index (χ1n) is 34.9. The molecule has 13 aromatic rings. The van der Waals surface area contributed by atoms with E-state index in [1.165, 1.54) is 16.7 Å². The van der Waals surface area contributed by atoms with Crippen molar-refractivity contribution in [2.24, 2.45) is 20.0 Å². The number of halogens is 2. The molecule has 0 fully saturated rings. The highest BCUT2D eigenvalue weighted by Gasteiger charge is 2.07. The van der Waals surface area contributed by atoms with Gasteiger partial charge in [0.05, 0.1) is 29.9 Å². The Kier molecular flexibility index (Phi) is 31.8. The van der Waals surface area contributed by atoms with Crippen LogP contribution in [0.5, 0.6) is 40.2 Å². The zero-order chi connectivity index (χ0) is 78.7. The summed E-state index contributed by atoms with van der Waals surface area (Å²) in [6.45, 7) is 13.2. The van der Waals surface area contributed by atoms with E-state index in [2.05, 4.69) is 78.8 Å². The Hall–Kier alpha value is -13.6. The SMILES string of the molecule is C#Cc1cccc(N=Cc2cc(C)ccc2OC)c1.C#Cc1ccccc1N=Cc1cc(C)ccc1O.Cc1ccc(O)c(C=Nc2ccc(Cl)cc2)c1.Cc1ccc(O)c(C=Nc2ccc(O)cc2)c1.Cc1ccc(O)c(CNc2ccc(-c3ccccc3)cc2)c1.Cc1ccc(O)c(CNc2ccc(Cl)cc2)c1. The highest BCUT2D eigenvalue weighted by atomic mass is 35.5. The Morgan fingerprint density at radius 3 is 1.23 bits per heavy atom. The molecule has 0 heterocycles. The number of benzene rings is 13. The summed E-state index contributed by atoms with van der Waals surface area (Å²) in [5.74, 6) is 7.49. The van der Waals surface area contributed by atoms with Crippen molar-refractivity contribution in [2.75, 3.05) is 17.7 Å². The number of terminal acetylenes is 2. The second kappa shape index (κ2) is 42.5. The van der Waals surface area contributed by atoms with E-state index in [4.69, 9.17) is 45.9 Å². The molecule has 13 rings (SSSR count). The lowest BCUT2D eigenvalue weighted by Gasteiger charge is -2.10. The third-order valence-electron chi connectivity index (χ3n) is 16.4. The van der Waals surface area contributed by atoms with Gasteiger partial charge < -0.3 is 46.0 Å². The quantitative estimate of drug-likeness (QED) is 0.0342. The molecule has 0 amide bonds. The molecule has 8 N–H and O–H groups in total. The van der Waals surface area contributed by atoms with Gasteiger partial charge in [-0.1, -0.05) is 178 Å². The largest absolute Gasteiger partial charge is 0.508 e. The van der Waals surface area contributed by atoms with E-state index in [1.54, 1.807) is 98.7 Å². The molecule has 0 unspecified atom stereocenters. The van der Waals surface area contributed by atoms with Crippen LogP contribution in [0.4, 0.5) is 34.1 Å². The third-order valence-corrected chi connectivity index (χ3v) is 16.9. The maximum absolute atomic E-state index is 9.87. The molecule has 0 atom stereocenters. The van der Waals surface area contributed by atoms with Gasteiger partial charge in [-0.2, -0.15) is 0 Å². The molecule has 0 radical (unpaired) electrons. The van der Waals surface area contributed by atoms with Gasteiger partial charge in [0.1, 0.15) is 40.2 Å². The van der Waals surface area contributed by atoms with Crippen LogP contribution in [-0.2, 0) is 13.1 Å². The number of nitrogens with zero attached hydrogens (tertiary/aromatic N) is 4. The smallest absolute Gasteiger partial charge is 0.127 e. The minimum atomic E-state index is 0.207. The van der Waals surface area contributed by atoms with Crippen LogP contribution in [0.3, 0.4) is 0 Å². The van der Waals surface area contributed by atoms with Crippen molar-refractivity contribution in [3.05, 3.63) is 373 Å². The minimum absolute atomic E-state index is 0.207. The third kappa shape index (κ3) is 27.4. The van der Waals surface area contributed by atoms with Crippen LogP contribution in [0.25, 0.3) is 11.1 Å². The van der Waals surface area contributed by atoms with Gasteiger partial charge in [0.25, 0.3) is 0 Å². The Morgan fingerprint density at radius 1 is 0.355 bits per heavy atom. The maximum atomic E-state index is 9.87. The molecular formula is C95H86Cl2N6O7. The number of para-hydroxylation sites is 1. The Labute approximate surface area is 655 Å². The number of phenols is 6. The molecule has 13 nitrogen and oxygen atoms in total. The Morgan fingerprint density at radius 2 is 0.745 bits per heavy atom. The van der Waals surface area contributed by atoms with Gasteiger partial charge in [0, 0.05) is 104 Å². The number of aliphatic imine (C=N–C) groups is 4. The molecule has 552 valence electrons. The number of rotatable bonds is 16. The minimum Gasteiger partial charge on any atom is -0.508 e. The number of hydrogen-bond acceptors (Lipinski definition) is 13. The van der Waals surface area contributed by atoms with Gasteiger partial charge in [-0.25, -0.2) is 0 Å². The number of hydrogen-bond donors (Lipinski definition) is 8. The van der Waals surface area contributed by atoms with Crippen LogP contribution in [0, 0.1) is 66.2 Å². The zero-order valence-electron chi connectivity index (χ0n) is 62.2. The lowest BCUT2D eigenvalue weighted by molar-refractivity contribution is 0.414. The van der Waals surface area contributed by atoms with Crippen molar-refractivity contribution in [3.63, 3.8) is 0 Å². The molecule has 0 saturated heterocycles. The van der Waals surface area contributed by atoms with Crippen LogP contribution >= 0.6 is 23.2 Å². The van der Waals surface area contributed by atoms with E-state index < -0.39 is 0 Å². The van der Waals surface area contributed by atoms with Gasteiger partial charge in [0.15, 0.2) is 0 Å². The van der Waals surface area contributed by atoms with Gasteiger partial charge in [0.2, 0.25) is 0 Å². The van der Waals surface area contributed by atoms with E-state index >= 15 is 0 Å². The van der Waals surface area contributed by atoms with E-state index in [0.29, 0.717) is 51.3 Å². The standard InChI is InChI=1S/C20H19NO.C17H15NO.C16H13NO.C14H14ClNO.C14H12ClNO.C14H13NO2/c1-15-7-12-20(22)18(13-15)14-21-19-10-8-17(9-11-19)16-5-3-2-4-6-16;1-4-14-6-5-7-16(11-14)18-12-15-10-13(2)8-9-17(15)19-3;1-3-13-6-4-5-7-15(13)17-11-14-10-12(2)8-9-16(14)18;2*1-10-2-7-14(17)11(8-10)9-16-13-5-3-12(15)4-6-13;1-10-2-7-14(17)11(8-10)9-15-12-3-5-13(16)6-4-12/h2-13,21-22H,14H2,1H3;1,5-12H,2-3H3;1,4-11,18H,2H3;2-8,16-17H,9H2,1H3;2-9,17H,1H3;2-9,16-17H,1H3. The highest BCUT2D eigenvalue weighted by Crippen LogP contribution is 2.28. The second-order valence-corrected chi connectivity index (χ2v) is 26.1. The number of phenolic OH excluding ortho intramolecular Hbond substituents is 6. The van der Waals surface area contributed by atoms with Crippen molar-refractivity contribution >= 4 is 82.2 Å². The number of anilines is 2. The van der Waals surface area contributed by atoms with E-state index in [-0.39, 0.29) is 23.0 Å². The van der Waals surface area contributed by atoms with Crippen molar-refractivity contribution < 1.29 is 35.4 Å².